The van der Waals surface area contributed by atoms with E-state index in [0.717, 1.165) is 17.6 Å². The molecule has 0 atom stereocenters. The van der Waals surface area contributed by atoms with Gasteiger partial charge in [0.05, 0.1) is 19.3 Å². The Hall–Kier alpha value is -1.11. The van der Waals surface area contributed by atoms with Crippen LogP contribution in [0.25, 0.3) is 0 Å². The van der Waals surface area contributed by atoms with Gasteiger partial charge in [-0.2, -0.15) is 0 Å². The van der Waals surface area contributed by atoms with E-state index in [1.54, 1.807) is 26.4 Å². The molecular formula is C14H21BrN2O3. The van der Waals surface area contributed by atoms with E-state index in [-0.39, 0.29) is 5.91 Å². The van der Waals surface area contributed by atoms with E-state index < -0.39 is 0 Å². The van der Waals surface area contributed by atoms with Crippen molar-refractivity contribution in [3.63, 3.8) is 0 Å². The number of rotatable bonds is 8. The lowest BCUT2D eigenvalue weighted by Gasteiger charge is -2.16. The van der Waals surface area contributed by atoms with Crippen LogP contribution in [0.2, 0.25) is 0 Å². The molecule has 1 rings (SSSR count). The molecule has 112 valence electrons. The molecule has 0 aliphatic carbocycles. The van der Waals surface area contributed by atoms with Crippen molar-refractivity contribution in [3.05, 3.63) is 28.2 Å². The zero-order chi connectivity index (χ0) is 15.0. The molecule has 0 aliphatic heterocycles. The Morgan fingerprint density at radius 2 is 2.10 bits per heavy atom. The van der Waals surface area contributed by atoms with E-state index >= 15 is 0 Å². The fourth-order valence-corrected chi connectivity index (χ4v) is 2.01. The van der Waals surface area contributed by atoms with E-state index in [0.29, 0.717) is 24.5 Å². The molecule has 0 radical (unpaired) electrons. The summed E-state index contributed by atoms with van der Waals surface area (Å²) in [5.41, 5.74) is 0.537. The Morgan fingerprint density at radius 3 is 2.75 bits per heavy atom. The molecular weight excluding hydrogens is 324 g/mol. The molecule has 0 saturated carbocycles. The van der Waals surface area contributed by atoms with Crippen LogP contribution >= 0.6 is 15.9 Å². The van der Waals surface area contributed by atoms with Crippen LogP contribution in [0, 0.1) is 0 Å². The number of hydrogen-bond donors (Lipinski definition) is 1. The summed E-state index contributed by atoms with van der Waals surface area (Å²) >= 11 is 3.35. The minimum atomic E-state index is -0.130. The fraction of sp³-hybridized carbons (Fsp3) is 0.500. The number of likely N-dealkylation sites (N-methyl/N-ethyl adjacent to an activating group) is 1. The van der Waals surface area contributed by atoms with Crippen LogP contribution in [0.1, 0.15) is 10.4 Å². The van der Waals surface area contributed by atoms with E-state index in [1.165, 1.54) is 0 Å². The predicted octanol–water partition coefficient (Wildman–Crippen LogP) is 1.77. The van der Waals surface area contributed by atoms with E-state index in [2.05, 4.69) is 26.1 Å². The molecule has 6 heteroatoms. The Bertz CT molecular complexity index is 440. The third kappa shape index (κ3) is 5.48. The average Bonchev–Trinajstić information content (AvgIpc) is 2.44. The second-order valence-electron chi connectivity index (χ2n) is 4.40. The van der Waals surface area contributed by atoms with E-state index in [4.69, 9.17) is 9.47 Å². The summed E-state index contributed by atoms with van der Waals surface area (Å²) < 4.78 is 11.1. The second-order valence-corrected chi connectivity index (χ2v) is 5.31. The number of carbonyl (C=O) groups excluding carboxylic acids is 1. The molecule has 0 fully saturated rings. The molecule has 1 N–H and O–H groups in total. The highest BCUT2D eigenvalue weighted by atomic mass is 79.9. The first-order chi connectivity index (χ1) is 9.58. The predicted molar refractivity (Wildman–Crippen MR) is 82.4 cm³/mol. The highest BCUT2D eigenvalue weighted by molar-refractivity contribution is 9.10. The molecule has 0 aliphatic rings. The summed E-state index contributed by atoms with van der Waals surface area (Å²) in [6.45, 7) is 2.88. The van der Waals surface area contributed by atoms with Crippen molar-refractivity contribution in [2.24, 2.45) is 0 Å². The number of nitrogens with one attached hydrogen (secondary N) is 1. The van der Waals surface area contributed by atoms with Crippen molar-refractivity contribution in [2.75, 3.05) is 47.5 Å². The molecule has 0 heterocycles. The number of hydrogen-bond acceptors (Lipinski definition) is 4. The summed E-state index contributed by atoms with van der Waals surface area (Å²) in [6, 6.07) is 5.34. The Balaban J connectivity index is 2.47. The zero-order valence-corrected chi connectivity index (χ0v) is 13.7. The van der Waals surface area contributed by atoms with Gasteiger partial charge >= 0.3 is 0 Å². The van der Waals surface area contributed by atoms with Gasteiger partial charge in [-0.15, -0.1) is 0 Å². The lowest BCUT2D eigenvalue weighted by molar-refractivity contribution is 0.0944. The van der Waals surface area contributed by atoms with Gasteiger partial charge in [-0.05, 0) is 25.2 Å². The first-order valence-electron chi connectivity index (χ1n) is 6.37. The first kappa shape index (κ1) is 16.9. The maximum Gasteiger partial charge on any atom is 0.255 e. The van der Waals surface area contributed by atoms with Crippen molar-refractivity contribution in [1.82, 2.24) is 10.2 Å². The Morgan fingerprint density at radius 1 is 1.35 bits per heavy atom. The van der Waals surface area contributed by atoms with Gasteiger partial charge < -0.3 is 19.7 Å². The van der Waals surface area contributed by atoms with Crippen LogP contribution in [0.4, 0.5) is 0 Å². The number of amides is 1. The van der Waals surface area contributed by atoms with E-state index in [1.807, 2.05) is 13.1 Å². The molecule has 1 aromatic rings. The lowest BCUT2D eigenvalue weighted by atomic mass is 10.2. The second kappa shape index (κ2) is 8.94. The number of ether oxygens (including phenoxy) is 2. The van der Waals surface area contributed by atoms with Crippen molar-refractivity contribution in [3.8, 4) is 5.75 Å². The van der Waals surface area contributed by atoms with Gasteiger partial charge in [0.25, 0.3) is 5.91 Å². The highest BCUT2D eigenvalue weighted by Gasteiger charge is 2.12. The smallest absolute Gasteiger partial charge is 0.255 e. The maximum absolute atomic E-state index is 12.1. The number of nitrogens with zero attached hydrogens (tertiary/aromatic N) is 1. The van der Waals surface area contributed by atoms with Crippen molar-refractivity contribution < 1.29 is 14.3 Å². The van der Waals surface area contributed by atoms with Gasteiger partial charge in [0.2, 0.25) is 0 Å². The normalized spacial score (nSPS) is 10.7. The van der Waals surface area contributed by atoms with Crippen LogP contribution in [-0.4, -0.2) is 58.3 Å². The monoisotopic (exact) mass is 344 g/mol. The summed E-state index contributed by atoms with van der Waals surface area (Å²) in [4.78, 5) is 14.2. The number of halogens is 1. The minimum Gasteiger partial charge on any atom is -0.496 e. The number of methoxy groups -OCH3 is 2. The molecule has 1 aromatic carbocycles. The molecule has 0 aromatic heterocycles. The maximum atomic E-state index is 12.1. The van der Waals surface area contributed by atoms with Crippen LogP contribution in [-0.2, 0) is 4.74 Å². The SMILES string of the molecule is COCCN(C)CCNC(=O)c1ccc(Br)cc1OC. The van der Waals surface area contributed by atoms with Crippen LogP contribution in [0.15, 0.2) is 22.7 Å². The molecule has 0 bridgehead atoms. The quantitative estimate of drug-likeness (QED) is 0.780. The van der Waals surface area contributed by atoms with Gasteiger partial charge in [0.15, 0.2) is 0 Å². The largest absolute Gasteiger partial charge is 0.496 e. The molecule has 5 nitrogen and oxygen atoms in total. The van der Waals surface area contributed by atoms with Gasteiger partial charge in [0, 0.05) is 31.2 Å². The van der Waals surface area contributed by atoms with E-state index in [9.17, 15) is 4.79 Å². The summed E-state index contributed by atoms with van der Waals surface area (Å²) in [5.74, 6) is 0.430. The van der Waals surface area contributed by atoms with Crippen LogP contribution in [0.3, 0.4) is 0 Å². The standard InChI is InChI=1S/C14H21BrN2O3/c1-17(8-9-19-2)7-6-16-14(18)12-5-4-11(15)10-13(12)20-3/h4-5,10H,6-9H2,1-3H3,(H,16,18). The molecule has 1 amide bonds. The molecule has 0 saturated heterocycles. The lowest BCUT2D eigenvalue weighted by Crippen LogP contribution is -2.34. The van der Waals surface area contributed by atoms with Gasteiger partial charge in [-0.25, -0.2) is 0 Å². The number of carbonyl (C=O) groups is 1. The fourth-order valence-electron chi connectivity index (χ4n) is 1.67. The van der Waals surface area contributed by atoms with Crippen LogP contribution in [0.5, 0.6) is 5.75 Å². The topological polar surface area (TPSA) is 50.8 Å². The zero-order valence-electron chi connectivity index (χ0n) is 12.1. The highest BCUT2D eigenvalue weighted by Crippen LogP contribution is 2.23. The summed E-state index contributed by atoms with van der Waals surface area (Å²) in [5, 5.41) is 2.88. The van der Waals surface area contributed by atoms with Crippen molar-refractivity contribution in [2.45, 2.75) is 0 Å². The Kier molecular flexibility index (Phi) is 7.58. The number of benzene rings is 1. The molecule has 0 spiro atoms. The van der Waals surface area contributed by atoms with Gasteiger partial charge in [0.1, 0.15) is 5.75 Å². The first-order valence-corrected chi connectivity index (χ1v) is 7.17. The summed E-state index contributed by atoms with van der Waals surface area (Å²) in [7, 11) is 5.22. The third-order valence-electron chi connectivity index (χ3n) is 2.86. The minimum absolute atomic E-state index is 0.130. The third-order valence-corrected chi connectivity index (χ3v) is 3.36. The van der Waals surface area contributed by atoms with Gasteiger partial charge in [-0.1, -0.05) is 15.9 Å². The van der Waals surface area contributed by atoms with Gasteiger partial charge in [-0.3, -0.25) is 4.79 Å². The van der Waals surface area contributed by atoms with Crippen molar-refractivity contribution >= 4 is 21.8 Å². The average molecular weight is 345 g/mol. The molecule has 0 unspecified atom stereocenters. The Labute approximate surface area is 128 Å². The van der Waals surface area contributed by atoms with Crippen molar-refractivity contribution in [1.29, 1.82) is 0 Å². The molecule has 20 heavy (non-hydrogen) atoms. The summed E-state index contributed by atoms with van der Waals surface area (Å²) in [6.07, 6.45) is 0. The van der Waals surface area contributed by atoms with Crippen LogP contribution < -0.4 is 10.1 Å².